The summed E-state index contributed by atoms with van der Waals surface area (Å²) in [5.41, 5.74) is 0.114. The van der Waals surface area contributed by atoms with Crippen LogP contribution in [0.5, 0.6) is 0 Å². The minimum absolute atomic E-state index is 0.00141. The summed E-state index contributed by atoms with van der Waals surface area (Å²) in [7, 11) is 0. The average molecular weight is 589 g/mol. The smallest absolute Gasteiger partial charge is 0.407 e. The highest BCUT2D eigenvalue weighted by atomic mass is 35.5. The summed E-state index contributed by atoms with van der Waals surface area (Å²) in [5.74, 6) is 1.24. The van der Waals surface area contributed by atoms with Crippen LogP contribution in [0.4, 0.5) is 16.3 Å². The van der Waals surface area contributed by atoms with Crippen LogP contribution in [0.1, 0.15) is 59.8 Å². The van der Waals surface area contributed by atoms with Crippen molar-refractivity contribution >= 4 is 46.9 Å². The first kappa shape index (κ1) is 30.4. The molecule has 4 rings (SSSR count). The first-order valence-corrected chi connectivity index (χ1v) is 15.2. The molecule has 0 radical (unpaired) electrons. The number of nitrogens with one attached hydrogen (secondary N) is 3. The molecule has 2 aliphatic heterocycles. The fourth-order valence-electron chi connectivity index (χ4n) is 4.93. The minimum atomic E-state index is -0.506. The number of anilines is 2. The Hall–Kier alpha value is -2.56. The van der Waals surface area contributed by atoms with Crippen molar-refractivity contribution in [1.82, 2.24) is 20.6 Å². The monoisotopic (exact) mass is 588 g/mol. The second-order valence-corrected chi connectivity index (χ2v) is 13.5. The summed E-state index contributed by atoms with van der Waals surface area (Å²) in [5, 5.41) is 10.5. The maximum Gasteiger partial charge on any atom is 0.407 e. The first-order valence-electron chi connectivity index (χ1n) is 14.0. The zero-order valence-electron chi connectivity index (χ0n) is 23.9. The minimum Gasteiger partial charge on any atom is -0.444 e. The molecule has 0 aliphatic carbocycles. The largest absolute Gasteiger partial charge is 0.444 e. The van der Waals surface area contributed by atoms with Gasteiger partial charge in [-0.15, -0.1) is 0 Å². The van der Waals surface area contributed by atoms with Crippen LogP contribution < -0.4 is 20.9 Å². The van der Waals surface area contributed by atoms with Gasteiger partial charge >= 0.3 is 6.09 Å². The van der Waals surface area contributed by atoms with Gasteiger partial charge in [0.25, 0.3) is 0 Å². The Labute approximate surface area is 246 Å². The molecular weight excluding hydrogens is 548 g/mol. The van der Waals surface area contributed by atoms with Crippen LogP contribution in [0, 0.1) is 11.3 Å². The maximum atomic E-state index is 12.6. The highest BCUT2D eigenvalue weighted by Crippen LogP contribution is 2.37. The van der Waals surface area contributed by atoms with Gasteiger partial charge in [0, 0.05) is 31.0 Å². The van der Waals surface area contributed by atoms with Crippen LogP contribution in [-0.2, 0) is 9.53 Å². The number of amides is 2. The van der Waals surface area contributed by atoms with E-state index in [1.165, 1.54) is 11.8 Å². The number of carbonyl (C=O) groups is 2. The standard InChI is InChI=1S/C29H41ClN6O3S/c1-28(2,3)39-27(38)34-19-29(4)10-14-36(15-11-29)23-17-33-25(18-32-23)40-22-7-5-6-21(26(22)30)35-24(37)16-20-8-12-31-13-9-20/h5-7,17-18,20,31H,8-16,19H2,1-4H3,(H,34,38)(H,35,37). The lowest BCUT2D eigenvalue weighted by molar-refractivity contribution is -0.117. The van der Waals surface area contributed by atoms with E-state index in [9.17, 15) is 9.59 Å². The van der Waals surface area contributed by atoms with Gasteiger partial charge in [-0.05, 0) is 83.0 Å². The van der Waals surface area contributed by atoms with Crippen LogP contribution in [0.3, 0.4) is 0 Å². The number of hydrogen-bond acceptors (Lipinski definition) is 8. The van der Waals surface area contributed by atoms with E-state index in [1.807, 2.05) is 39.0 Å². The summed E-state index contributed by atoms with van der Waals surface area (Å²) in [4.78, 5) is 37.0. The molecule has 2 saturated heterocycles. The van der Waals surface area contributed by atoms with E-state index in [0.717, 1.165) is 67.6 Å². The van der Waals surface area contributed by atoms with Crippen LogP contribution in [0.2, 0.25) is 5.02 Å². The lowest BCUT2D eigenvalue weighted by Gasteiger charge is -2.40. The van der Waals surface area contributed by atoms with Gasteiger partial charge in [-0.1, -0.05) is 36.4 Å². The second kappa shape index (κ2) is 13.4. The van der Waals surface area contributed by atoms with Crippen molar-refractivity contribution in [2.24, 2.45) is 11.3 Å². The Balaban J connectivity index is 1.28. The molecule has 2 aliphatic rings. The Kier molecular flexibility index (Phi) is 10.2. The molecular formula is C29H41ClN6O3S. The van der Waals surface area contributed by atoms with Gasteiger partial charge < -0.3 is 25.6 Å². The number of carbonyl (C=O) groups excluding carboxylic acids is 2. The van der Waals surface area contributed by atoms with Crippen LogP contribution in [0.15, 0.2) is 40.5 Å². The fourth-order valence-corrected chi connectivity index (χ4v) is 6.00. The normalized spacial score (nSPS) is 17.8. The van der Waals surface area contributed by atoms with Crippen molar-refractivity contribution in [3.05, 3.63) is 35.6 Å². The van der Waals surface area contributed by atoms with Crippen LogP contribution in [-0.4, -0.2) is 60.3 Å². The van der Waals surface area contributed by atoms with Crippen LogP contribution >= 0.6 is 23.4 Å². The van der Waals surface area contributed by atoms with E-state index in [-0.39, 0.29) is 17.4 Å². The summed E-state index contributed by atoms with van der Waals surface area (Å²) in [6, 6.07) is 5.63. The van der Waals surface area contributed by atoms with Gasteiger partial charge in [-0.2, -0.15) is 0 Å². The zero-order chi connectivity index (χ0) is 28.8. The summed E-state index contributed by atoms with van der Waals surface area (Å²) < 4.78 is 5.37. The Bertz CT molecular complexity index is 1160. The van der Waals surface area contributed by atoms with Gasteiger partial charge in [-0.3, -0.25) is 4.79 Å². The molecule has 3 heterocycles. The second-order valence-electron chi connectivity index (χ2n) is 12.0. The lowest BCUT2D eigenvalue weighted by atomic mass is 9.80. The van der Waals surface area contributed by atoms with E-state index in [2.05, 4.69) is 37.7 Å². The number of piperidine rings is 2. The highest BCUT2D eigenvalue weighted by Gasteiger charge is 2.31. The van der Waals surface area contributed by atoms with Crippen LogP contribution in [0.25, 0.3) is 0 Å². The van der Waals surface area contributed by atoms with Gasteiger partial charge in [0.2, 0.25) is 5.91 Å². The third-order valence-electron chi connectivity index (χ3n) is 7.35. The highest BCUT2D eigenvalue weighted by molar-refractivity contribution is 7.99. The van der Waals surface area contributed by atoms with E-state index in [0.29, 0.717) is 29.6 Å². The van der Waals surface area contributed by atoms with Crippen molar-refractivity contribution in [3.8, 4) is 0 Å². The Morgan fingerprint density at radius 2 is 1.90 bits per heavy atom. The van der Waals surface area contributed by atoms with E-state index < -0.39 is 5.60 Å². The van der Waals surface area contributed by atoms with Crippen molar-refractivity contribution < 1.29 is 14.3 Å². The van der Waals surface area contributed by atoms with Crippen molar-refractivity contribution in [2.45, 2.75) is 75.3 Å². The van der Waals surface area contributed by atoms with E-state index >= 15 is 0 Å². The van der Waals surface area contributed by atoms with Gasteiger partial charge in [0.1, 0.15) is 16.4 Å². The van der Waals surface area contributed by atoms with Crippen molar-refractivity contribution in [3.63, 3.8) is 0 Å². The number of rotatable bonds is 8. The number of benzene rings is 1. The van der Waals surface area contributed by atoms with E-state index in [1.54, 1.807) is 12.4 Å². The fraction of sp³-hybridized carbons (Fsp3) is 0.586. The zero-order valence-corrected chi connectivity index (χ0v) is 25.5. The van der Waals surface area contributed by atoms with Gasteiger partial charge in [0.05, 0.1) is 23.1 Å². The lowest BCUT2D eigenvalue weighted by Crippen LogP contribution is -2.45. The molecule has 0 unspecified atom stereocenters. The molecule has 40 heavy (non-hydrogen) atoms. The molecule has 11 heteroatoms. The topological polar surface area (TPSA) is 108 Å². The van der Waals surface area contributed by atoms with Crippen molar-refractivity contribution in [1.29, 1.82) is 0 Å². The molecule has 218 valence electrons. The molecule has 9 nitrogen and oxygen atoms in total. The molecule has 0 spiro atoms. The third kappa shape index (κ3) is 8.97. The number of nitrogens with zero attached hydrogens (tertiary/aromatic N) is 3. The summed E-state index contributed by atoms with van der Waals surface area (Å²) in [6.07, 6.45) is 7.58. The van der Waals surface area contributed by atoms with E-state index in [4.69, 9.17) is 16.3 Å². The SMILES string of the molecule is CC1(CNC(=O)OC(C)(C)C)CCN(c2cnc(Sc3cccc(NC(=O)CC4CCNCC4)c3Cl)cn2)CC1. The predicted octanol–water partition coefficient (Wildman–Crippen LogP) is 5.74. The Morgan fingerprint density at radius 3 is 2.55 bits per heavy atom. The molecule has 0 bridgehead atoms. The van der Waals surface area contributed by atoms with Gasteiger partial charge in [-0.25, -0.2) is 14.8 Å². The molecule has 3 N–H and O–H groups in total. The molecule has 2 aromatic rings. The Morgan fingerprint density at radius 1 is 1.18 bits per heavy atom. The maximum absolute atomic E-state index is 12.6. The third-order valence-corrected chi connectivity index (χ3v) is 8.85. The summed E-state index contributed by atoms with van der Waals surface area (Å²) in [6.45, 7) is 12.0. The van der Waals surface area contributed by atoms with Crippen molar-refractivity contribution in [2.75, 3.05) is 42.9 Å². The number of ether oxygens (including phenoxy) is 1. The molecule has 1 aromatic heterocycles. The molecule has 1 aromatic carbocycles. The number of alkyl carbamates (subject to hydrolysis) is 1. The number of aromatic nitrogens is 2. The molecule has 2 fully saturated rings. The van der Waals surface area contributed by atoms with Gasteiger partial charge in [0.15, 0.2) is 0 Å². The predicted molar refractivity (Wildman–Crippen MR) is 160 cm³/mol. The average Bonchev–Trinajstić information content (AvgIpc) is 2.90. The molecule has 2 amide bonds. The molecule has 0 saturated carbocycles. The summed E-state index contributed by atoms with van der Waals surface area (Å²) >= 11 is 8.09. The molecule has 0 atom stereocenters. The first-order chi connectivity index (χ1) is 19.0. The number of halogens is 1. The quantitative estimate of drug-likeness (QED) is 0.358. The number of hydrogen-bond donors (Lipinski definition) is 3.